The van der Waals surface area contributed by atoms with Gasteiger partial charge < -0.3 is 4.57 Å². The second kappa shape index (κ2) is 9.18. The van der Waals surface area contributed by atoms with Gasteiger partial charge in [-0.05, 0) is 75.5 Å². The molecule has 208 valence electrons. The van der Waals surface area contributed by atoms with E-state index in [1.54, 1.807) is 0 Å². The van der Waals surface area contributed by atoms with E-state index < -0.39 is 0 Å². The highest BCUT2D eigenvalue weighted by Gasteiger charge is 2.23. The van der Waals surface area contributed by atoms with Crippen molar-refractivity contribution in [1.29, 1.82) is 0 Å². The molecule has 10 rings (SSSR count). The quantitative estimate of drug-likeness (QED) is 0.212. The van der Waals surface area contributed by atoms with Crippen LogP contribution in [-0.2, 0) is 0 Å². The minimum absolute atomic E-state index is 0.716. The van der Waals surface area contributed by atoms with Gasteiger partial charge >= 0.3 is 0 Å². The predicted octanol–water partition coefficient (Wildman–Crippen LogP) is 10.3. The van der Waals surface area contributed by atoms with Gasteiger partial charge in [0.25, 0.3) is 0 Å². The third kappa shape index (κ3) is 3.45. The highest BCUT2D eigenvalue weighted by Crippen LogP contribution is 2.49. The lowest BCUT2D eigenvalue weighted by molar-refractivity contribution is 1.17. The van der Waals surface area contributed by atoms with Crippen LogP contribution in [0.1, 0.15) is 0 Å². The fourth-order valence-electron chi connectivity index (χ4n) is 7.28. The molecule has 6 aromatic carbocycles. The van der Waals surface area contributed by atoms with E-state index >= 15 is 0 Å². The summed E-state index contributed by atoms with van der Waals surface area (Å²) >= 11 is 0. The van der Waals surface area contributed by atoms with Crippen LogP contribution in [-0.4, -0.2) is 19.5 Å². The number of benzene rings is 6. The highest BCUT2D eigenvalue weighted by molar-refractivity contribution is 6.19. The van der Waals surface area contributed by atoms with Crippen molar-refractivity contribution in [3.05, 3.63) is 146 Å². The molecular formula is C41H24N4. The molecule has 0 aliphatic heterocycles. The van der Waals surface area contributed by atoms with E-state index in [0.29, 0.717) is 5.82 Å². The molecule has 0 atom stereocenters. The lowest BCUT2D eigenvalue weighted by atomic mass is 9.95. The summed E-state index contributed by atoms with van der Waals surface area (Å²) < 4.78 is 2.30. The Morgan fingerprint density at radius 2 is 1.11 bits per heavy atom. The summed E-state index contributed by atoms with van der Waals surface area (Å²) in [6.07, 6.45) is 3.81. The average Bonchev–Trinajstić information content (AvgIpc) is 3.62. The molecule has 1 aliphatic carbocycles. The van der Waals surface area contributed by atoms with Crippen molar-refractivity contribution in [1.82, 2.24) is 19.5 Å². The van der Waals surface area contributed by atoms with Crippen LogP contribution in [0.5, 0.6) is 0 Å². The molecule has 0 radical (unpaired) electrons. The van der Waals surface area contributed by atoms with Crippen LogP contribution in [0.15, 0.2) is 146 Å². The van der Waals surface area contributed by atoms with Gasteiger partial charge in [0.1, 0.15) is 0 Å². The Morgan fingerprint density at radius 1 is 0.444 bits per heavy atom. The first-order chi connectivity index (χ1) is 22.3. The Morgan fingerprint density at radius 3 is 1.98 bits per heavy atom. The third-order valence-electron chi connectivity index (χ3n) is 9.26. The van der Waals surface area contributed by atoms with E-state index in [0.717, 1.165) is 49.8 Å². The van der Waals surface area contributed by atoms with E-state index in [1.165, 1.54) is 38.4 Å². The predicted molar refractivity (Wildman–Crippen MR) is 184 cm³/mol. The van der Waals surface area contributed by atoms with Gasteiger partial charge in [0.2, 0.25) is 0 Å². The first-order valence-electron chi connectivity index (χ1n) is 15.2. The molecule has 3 aromatic heterocycles. The zero-order chi connectivity index (χ0) is 29.5. The van der Waals surface area contributed by atoms with Crippen LogP contribution in [0.25, 0.3) is 94.1 Å². The topological polar surface area (TPSA) is 43.6 Å². The Hall–Kier alpha value is -6.13. The zero-order valence-electron chi connectivity index (χ0n) is 24.1. The van der Waals surface area contributed by atoms with E-state index in [2.05, 4.69) is 137 Å². The molecule has 0 bridgehead atoms. The van der Waals surface area contributed by atoms with Crippen molar-refractivity contribution in [2.24, 2.45) is 0 Å². The fourth-order valence-corrected chi connectivity index (χ4v) is 7.28. The molecule has 0 saturated carbocycles. The number of hydrogen-bond donors (Lipinski definition) is 0. The fraction of sp³-hybridized carbons (Fsp3) is 0. The number of rotatable bonds is 3. The van der Waals surface area contributed by atoms with E-state index in [4.69, 9.17) is 9.97 Å². The molecular weight excluding hydrogens is 548 g/mol. The van der Waals surface area contributed by atoms with Gasteiger partial charge in [0.05, 0.1) is 22.2 Å². The summed E-state index contributed by atoms with van der Waals surface area (Å²) in [5.74, 6) is 0.716. The molecule has 0 spiro atoms. The second-order valence-electron chi connectivity index (χ2n) is 11.6. The van der Waals surface area contributed by atoms with Crippen LogP contribution >= 0.6 is 0 Å². The number of hydrogen-bond acceptors (Lipinski definition) is 3. The van der Waals surface area contributed by atoms with Gasteiger partial charge in [-0.15, -0.1) is 0 Å². The lowest BCUT2D eigenvalue weighted by Crippen LogP contribution is -1.97. The van der Waals surface area contributed by atoms with Crippen LogP contribution in [0.4, 0.5) is 0 Å². The highest BCUT2D eigenvalue weighted by atomic mass is 15.0. The number of pyridine rings is 1. The van der Waals surface area contributed by atoms with Crippen LogP contribution in [0.3, 0.4) is 0 Å². The summed E-state index contributed by atoms with van der Waals surface area (Å²) in [5, 5.41) is 5.90. The summed E-state index contributed by atoms with van der Waals surface area (Å²) in [7, 11) is 0. The molecule has 1 aliphatic rings. The minimum atomic E-state index is 0.716. The van der Waals surface area contributed by atoms with E-state index in [1.807, 2.05) is 18.5 Å². The molecule has 45 heavy (non-hydrogen) atoms. The molecule has 0 fully saturated rings. The second-order valence-corrected chi connectivity index (χ2v) is 11.6. The van der Waals surface area contributed by atoms with Crippen LogP contribution in [0, 0.1) is 0 Å². The third-order valence-corrected chi connectivity index (χ3v) is 9.26. The maximum absolute atomic E-state index is 5.29. The van der Waals surface area contributed by atoms with Crippen molar-refractivity contribution >= 4 is 43.5 Å². The Balaban J connectivity index is 1.15. The van der Waals surface area contributed by atoms with E-state index in [-0.39, 0.29) is 0 Å². The standard InChI is InChI=1S/C41H24N4/c1-2-9-28-27(8-1)30-12-7-13-31-33(21-20-32(28)39(30)31)40-34-11-3-5-14-36(34)43-41(44-40)25-16-18-26(19-17-25)45-37-15-6-4-10-29(37)35-24-42-23-22-38(35)45/h1-24H. The zero-order valence-corrected chi connectivity index (χ0v) is 24.1. The van der Waals surface area contributed by atoms with Crippen molar-refractivity contribution in [3.63, 3.8) is 0 Å². The number of fused-ring (bicyclic) bond motifs is 7. The Labute approximate surface area is 258 Å². The van der Waals surface area contributed by atoms with Gasteiger partial charge in [-0.1, -0.05) is 91.0 Å². The summed E-state index contributed by atoms with van der Waals surface area (Å²) in [4.78, 5) is 14.7. The monoisotopic (exact) mass is 572 g/mol. The van der Waals surface area contributed by atoms with Crippen LogP contribution in [0.2, 0.25) is 0 Å². The molecule has 9 aromatic rings. The first kappa shape index (κ1) is 24.3. The minimum Gasteiger partial charge on any atom is -0.309 e. The molecule has 3 heterocycles. The van der Waals surface area contributed by atoms with Gasteiger partial charge in [-0.3, -0.25) is 4.98 Å². The molecule has 0 N–H and O–H groups in total. The van der Waals surface area contributed by atoms with Gasteiger partial charge in [0, 0.05) is 45.4 Å². The van der Waals surface area contributed by atoms with Gasteiger partial charge in [0.15, 0.2) is 5.82 Å². The van der Waals surface area contributed by atoms with Crippen molar-refractivity contribution in [3.8, 4) is 50.6 Å². The Bertz CT molecular complexity index is 2570. The number of para-hydroxylation sites is 2. The molecule has 4 nitrogen and oxygen atoms in total. The SMILES string of the molecule is c1ccc2c(c1)-c1cccc3c(-c4nc(-c5ccc(-n6c7ccccc7c7cnccc76)cc5)nc5ccccc45)ccc-2c13. The van der Waals surface area contributed by atoms with E-state index in [9.17, 15) is 0 Å². The van der Waals surface area contributed by atoms with Gasteiger partial charge in [-0.2, -0.15) is 0 Å². The molecule has 0 saturated heterocycles. The summed E-state index contributed by atoms with van der Waals surface area (Å²) in [5.41, 5.74) is 12.5. The lowest BCUT2D eigenvalue weighted by Gasteiger charge is -2.13. The largest absolute Gasteiger partial charge is 0.309 e. The number of aromatic nitrogens is 4. The smallest absolute Gasteiger partial charge is 0.160 e. The van der Waals surface area contributed by atoms with Crippen molar-refractivity contribution in [2.75, 3.05) is 0 Å². The summed E-state index contributed by atoms with van der Waals surface area (Å²) in [6.45, 7) is 0. The van der Waals surface area contributed by atoms with Gasteiger partial charge in [-0.25, -0.2) is 9.97 Å². The first-order valence-corrected chi connectivity index (χ1v) is 15.2. The molecule has 4 heteroatoms. The maximum atomic E-state index is 5.29. The molecule has 0 amide bonds. The maximum Gasteiger partial charge on any atom is 0.160 e. The molecule has 0 unspecified atom stereocenters. The van der Waals surface area contributed by atoms with Crippen LogP contribution < -0.4 is 0 Å². The average molecular weight is 573 g/mol. The summed E-state index contributed by atoms with van der Waals surface area (Å²) in [6, 6.07) is 47.3. The Kier molecular flexibility index (Phi) is 4.96. The van der Waals surface area contributed by atoms with Crippen molar-refractivity contribution in [2.45, 2.75) is 0 Å². The van der Waals surface area contributed by atoms with Crippen molar-refractivity contribution < 1.29 is 0 Å². The normalized spacial score (nSPS) is 12.0. The number of nitrogens with zero attached hydrogens (tertiary/aromatic N) is 4.